The number of fused-ring (bicyclic) bond motifs is 2. The molecule has 9 nitrogen and oxygen atoms in total. The molecule has 0 spiro atoms. The van der Waals surface area contributed by atoms with E-state index in [9.17, 15) is 14.4 Å². The minimum atomic E-state index is -0.513. The molecule has 0 radical (unpaired) electrons. The lowest BCUT2D eigenvalue weighted by atomic mass is 10.2. The lowest BCUT2D eigenvalue weighted by molar-refractivity contribution is -0.141. The zero-order valence-corrected chi connectivity index (χ0v) is 18.0. The molecule has 0 bridgehead atoms. The number of ether oxygens (including phenoxy) is 4. The third-order valence-electron chi connectivity index (χ3n) is 4.64. The normalized spacial score (nSPS) is 13.0. The summed E-state index contributed by atoms with van der Waals surface area (Å²) >= 11 is 1.17. The summed E-state index contributed by atoms with van der Waals surface area (Å²) in [6.07, 6.45) is 2.94. The maximum Gasteiger partial charge on any atom is 0.337 e. The van der Waals surface area contributed by atoms with Crippen LogP contribution in [0.3, 0.4) is 0 Å². The third kappa shape index (κ3) is 4.40. The van der Waals surface area contributed by atoms with Crippen LogP contribution in [0.2, 0.25) is 0 Å². The van der Waals surface area contributed by atoms with Crippen molar-refractivity contribution in [3.8, 4) is 11.5 Å². The minimum absolute atomic E-state index is 0.133. The Morgan fingerprint density at radius 2 is 1.91 bits per heavy atom. The van der Waals surface area contributed by atoms with E-state index in [4.69, 9.17) is 18.9 Å². The number of carbonyl (C=O) groups excluding carboxylic acids is 3. The smallest absolute Gasteiger partial charge is 0.337 e. The molecule has 0 N–H and O–H groups in total. The van der Waals surface area contributed by atoms with E-state index in [-0.39, 0.29) is 13.3 Å². The fourth-order valence-corrected chi connectivity index (χ4v) is 4.14. The van der Waals surface area contributed by atoms with Crippen molar-refractivity contribution in [1.29, 1.82) is 0 Å². The van der Waals surface area contributed by atoms with Gasteiger partial charge in [-0.05, 0) is 42.0 Å². The number of rotatable bonds is 5. The second-order valence-electron chi connectivity index (χ2n) is 6.62. The molecule has 0 saturated carbocycles. The molecule has 32 heavy (non-hydrogen) atoms. The van der Waals surface area contributed by atoms with Gasteiger partial charge in [-0.15, -0.1) is 0 Å². The predicted molar refractivity (Wildman–Crippen MR) is 115 cm³/mol. The molecule has 0 aliphatic carbocycles. The molecule has 0 atom stereocenters. The molecule has 1 aliphatic rings. The van der Waals surface area contributed by atoms with Gasteiger partial charge in [0.25, 0.3) is 5.91 Å². The van der Waals surface area contributed by atoms with Crippen LogP contribution in [0.1, 0.15) is 15.9 Å². The van der Waals surface area contributed by atoms with Crippen LogP contribution in [-0.4, -0.2) is 43.4 Å². The monoisotopic (exact) mass is 454 g/mol. The maximum atomic E-state index is 12.5. The first-order valence-corrected chi connectivity index (χ1v) is 10.2. The Labute approximate surface area is 186 Å². The Morgan fingerprint density at radius 1 is 1.09 bits per heavy atom. The van der Waals surface area contributed by atoms with Crippen LogP contribution in [0.5, 0.6) is 11.5 Å². The molecule has 10 heteroatoms. The quantitative estimate of drug-likeness (QED) is 0.431. The summed E-state index contributed by atoms with van der Waals surface area (Å²) in [5, 5.41) is 0. The SMILES string of the molecule is COC(=O)Cn1c(=NC(=O)/C=C\c2ccc3c(c2)OCO3)sc2cc(C(=O)OC)ccc21. The summed E-state index contributed by atoms with van der Waals surface area (Å²) in [6, 6.07) is 10.2. The van der Waals surface area contributed by atoms with Crippen LogP contribution >= 0.6 is 11.3 Å². The van der Waals surface area contributed by atoms with E-state index in [2.05, 4.69) is 4.99 Å². The number of thiazole rings is 1. The summed E-state index contributed by atoms with van der Waals surface area (Å²) in [6.45, 7) is 0.0344. The van der Waals surface area contributed by atoms with Gasteiger partial charge in [0.05, 0.1) is 30.0 Å². The fourth-order valence-electron chi connectivity index (χ4n) is 3.07. The van der Waals surface area contributed by atoms with Crippen molar-refractivity contribution in [2.75, 3.05) is 21.0 Å². The number of methoxy groups -OCH3 is 2. The van der Waals surface area contributed by atoms with Crippen molar-refractivity contribution in [3.63, 3.8) is 0 Å². The molecule has 0 saturated heterocycles. The van der Waals surface area contributed by atoms with Crippen LogP contribution in [0.25, 0.3) is 16.3 Å². The summed E-state index contributed by atoms with van der Waals surface area (Å²) in [5.74, 6) is -0.231. The number of carbonyl (C=O) groups is 3. The van der Waals surface area contributed by atoms with Gasteiger partial charge in [-0.2, -0.15) is 4.99 Å². The van der Waals surface area contributed by atoms with Crippen LogP contribution in [0, 0.1) is 0 Å². The maximum absolute atomic E-state index is 12.5. The number of aromatic nitrogens is 1. The van der Waals surface area contributed by atoms with E-state index in [1.807, 2.05) is 0 Å². The van der Waals surface area contributed by atoms with Crippen LogP contribution in [-0.2, 0) is 25.6 Å². The van der Waals surface area contributed by atoms with Gasteiger partial charge in [-0.3, -0.25) is 9.59 Å². The fraction of sp³-hybridized carbons (Fsp3) is 0.182. The molecule has 4 rings (SSSR count). The Balaban J connectivity index is 1.68. The topological polar surface area (TPSA) is 105 Å². The Bertz CT molecular complexity index is 1320. The summed E-state index contributed by atoms with van der Waals surface area (Å²) < 4.78 is 22.4. The molecule has 0 fully saturated rings. The van der Waals surface area contributed by atoms with E-state index < -0.39 is 17.8 Å². The van der Waals surface area contributed by atoms with Crippen molar-refractivity contribution >= 4 is 45.5 Å². The van der Waals surface area contributed by atoms with E-state index in [1.54, 1.807) is 47.0 Å². The molecular formula is C22H18N2O7S. The first-order valence-electron chi connectivity index (χ1n) is 9.43. The highest BCUT2D eigenvalue weighted by molar-refractivity contribution is 7.16. The second-order valence-corrected chi connectivity index (χ2v) is 7.63. The van der Waals surface area contributed by atoms with Crippen molar-refractivity contribution < 1.29 is 33.3 Å². The largest absolute Gasteiger partial charge is 0.468 e. The average Bonchev–Trinajstić information content (AvgIpc) is 3.40. The van der Waals surface area contributed by atoms with Gasteiger partial charge in [0.2, 0.25) is 6.79 Å². The standard InChI is InChI=1S/C22H18N2O7S/c1-28-20(26)11-24-15-6-5-14(21(27)29-2)10-18(15)32-22(24)23-19(25)8-4-13-3-7-16-17(9-13)31-12-30-16/h3-10H,11-12H2,1-2H3/b8-4-,23-22?. The van der Waals surface area contributed by atoms with Gasteiger partial charge in [0.1, 0.15) is 6.54 Å². The van der Waals surface area contributed by atoms with Crippen LogP contribution < -0.4 is 14.3 Å². The summed E-state index contributed by atoms with van der Waals surface area (Å²) in [4.78, 5) is 40.7. The van der Waals surface area contributed by atoms with E-state index in [1.165, 1.54) is 31.6 Å². The molecule has 3 aromatic rings. The number of hydrogen-bond acceptors (Lipinski definition) is 8. The third-order valence-corrected chi connectivity index (χ3v) is 5.68. The molecule has 164 valence electrons. The molecule has 1 amide bonds. The van der Waals surface area contributed by atoms with Crippen molar-refractivity contribution in [1.82, 2.24) is 4.57 Å². The minimum Gasteiger partial charge on any atom is -0.468 e. The number of hydrogen-bond donors (Lipinski definition) is 0. The Kier molecular flexibility index (Phi) is 6.04. The molecule has 2 aromatic carbocycles. The Morgan fingerprint density at radius 3 is 2.69 bits per heavy atom. The van der Waals surface area contributed by atoms with Gasteiger partial charge in [0, 0.05) is 6.08 Å². The first-order chi connectivity index (χ1) is 15.5. The van der Waals surface area contributed by atoms with E-state index in [0.717, 1.165) is 5.56 Å². The highest BCUT2D eigenvalue weighted by Gasteiger charge is 2.15. The van der Waals surface area contributed by atoms with Gasteiger partial charge in [-0.1, -0.05) is 17.4 Å². The van der Waals surface area contributed by atoms with E-state index in [0.29, 0.717) is 32.1 Å². The molecule has 1 aromatic heterocycles. The molecule has 2 heterocycles. The average molecular weight is 454 g/mol. The number of amides is 1. The van der Waals surface area contributed by atoms with Crippen molar-refractivity contribution in [2.45, 2.75) is 6.54 Å². The van der Waals surface area contributed by atoms with Crippen LogP contribution in [0.15, 0.2) is 47.5 Å². The van der Waals surface area contributed by atoms with E-state index >= 15 is 0 Å². The van der Waals surface area contributed by atoms with Gasteiger partial charge in [0.15, 0.2) is 16.3 Å². The lowest BCUT2D eigenvalue weighted by Crippen LogP contribution is -2.22. The van der Waals surface area contributed by atoms with Gasteiger partial charge < -0.3 is 23.5 Å². The molecule has 0 unspecified atom stereocenters. The Hall–Kier alpha value is -3.92. The summed E-state index contributed by atoms with van der Waals surface area (Å²) in [7, 11) is 2.58. The molecular weight excluding hydrogens is 436 g/mol. The van der Waals surface area contributed by atoms with Crippen molar-refractivity contribution in [2.24, 2.45) is 4.99 Å². The molecule has 1 aliphatic heterocycles. The van der Waals surface area contributed by atoms with Gasteiger partial charge >= 0.3 is 11.9 Å². The predicted octanol–water partition coefficient (Wildman–Crippen LogP) is 2.53. The van der Waals surface area contributed by atoms with Crippen LogP contribution in [0.4, 0.5) is 0 Å². The zero-order chi connectivity index (χ0) is 22.7. The highest BCUT2D eigenvalue weighted by atomic mass is 32.1. The number of esters is 2. The highest BCUT2D eigenvalue weighted by Crippen LogP contribution is 2.32. The first kappa shape index (κ1) is 21.3. The van der Waals surface area contributed by atoms with Crippen molar-refractivity contribution in [3.05, 3.63) is 58.4 Å². The second kappa shape index (κ2) is 9.06. The number of benzene rings is 2. The number of nitrogens with zero attached hydrogens (tertiary/aromatic N) is 2. The zero-order valence-electron chi connectivity index (χ0n) is 17.2. The summed E-state index contributed by atoms with van der Waals surface area (Å²) in [5.41, 5.74) is 1.74. The van der Waals surface area contributed by atoms with Gasteiger partial charge in [-0.25, -0.2) is 4.79 Å². The lowest BCUT2D eigenvalue weighted by Gasteiger charge is -2.04.